The lowest BCUT2D eigenvalue weighted by Crippen LogP contribution is -2.25. The van der Waals surface area contributed by atoms with E-state index in [-0.39, 0.29) is 36.5 Å². The van der Waals surface area contributed by atoms with Gasteiger partial charge >= 0.3 is 0 Å². The maximum absolute atomic E-state index is 13.6. The topological polar surface area (TPSA) is 139 Å². The number of hydrogen-bond acceptors (Lipinski definition) is 9. The minimum Gasteiger partial charge on any atom is -0.353 e. The van der Waals surface area contributed by atoms with Gasteiger partial charge in [-0.25, -0.2) is 14.6 Å². The molecule has 0 radical (unpaired) electrons. The SMILES string of the molecule is CC(C)c1cn(CC(=O)Nc2cncc(C(=O)c3cn([C@H](C)COC4CCCCO4)c4ncncc34)c2)nn1. The fourth-order valence-electron chi connectivity index (χ4n) is 4.47. The zero-order chi connectivity index (χ0) is 27.4. The minimum absolute atomic E-state index is 0.00538. The standard InChI is InChI=1S/C27H32N8O4/c1-17(2)23-13-34(33-32-23)14-24(36)31-20-8-19(9-28-10-20)26(37)22-12-35(27-21(22)11-29-16-30-27)18(3)15-39-25-6-4-5-7-38-25/h8-13,16-18,25H,4-7,14-15H2,1-3H3,(H,31,36)/t18-,25?/m1/s1. The molecule has 0 saturated carbocycles. The number of ether oxygens (including phenoxy) is 2. The summed E-state index contributed by atoms with van der Waals surface area (Å²) < 4.78 is 15.1. The van der Waals surface area contributed by atoms with Crippen molar-refractivity contribution in [2.45, 2.75) is 64.8 Å². The quantitative estimate of drug-likeness (QED) is 0.304. The molecular formula is C27H32N8O4. The molecule has 0 aromatic carbocycles. The molecule has 12 heteroatoms. The Bertz CT molecular complexity index is 1460. The summed E-state index contributed by atoms with van der Waals surface area (Å²) in [6.45, 7) is 7.15. The van der Waals surface area contributed by atoms with Gasteiger partial charge in [0.05, 0.1) is 35.8 Å². The van der Waals surface area contributed by atoms with Crippen LogP contribution in [0.4, 0.5) is 5.69 Å². The summed E-state index contributed by atoms with van der Waals surface area (Å²) in [6.07, 6.45) is 12.4. The number of fused-ring (bicyclic) bond motifs is 1. The Balaban J connectivity index is 1.31. The molecule has 0 bridgehead atoms. The number of pyridine rings is 1. The maximum Gasteiger partial charge on any atom is 0.246 e. The van der Waals surface area contributed by atoms with E-state index >= 15 is 0 Å². The fraction of sp³-hybridized carbons (Fsp3) is 0.444. The number of nitrogens with one attached hydrogen (secondary N) is 1. The summed E-state index contributed by atoms with van der Waals surface area (Å²) in [7, 11) is 0. The van der Waals surface area contributed by atoms with Gasteiger partial charge in [-0.2, -0.15) is 0 Å². The van der Waals surface area contributed by atoms with Crippen LogP contribution in [-0.4, -0.2) is 65.7 Å². The van der Waals surface area contributed by atoms with Crippen LogP contribution in [-0.2, 0) is 20.8 Å². The van der Waals surface area contributed by atoms with Crippen molar-refractivity contribution in [1.29, 1.82) is 0 Å². The van der Waals surface area contributed by atoms with Crippen molar-refractivity contribution in [3.05, 3.63) is 60.2 Å². The van der Waals surface area contributed by atoms with E-state index < -0.39 is 0 Å². The van der Waals surface area contributed by atoms with E-state index in [1.54, 1.807) is 24.7 Å². The van der Waals surface area contributed by atoms with E-state index in [1.807, 2.05) is 25.3 Å². The van der Waals surface area contributed by atoms with Crippen LogP contribution in [0.2, 0.25) is 0 Å². The Labute approximate surface area is 225 Å². The smallest absolute Gasteiger partial charge is 0.246 e. The summed E-state index contributed by atoms with van der Waals surface area (Å²) in [5, 5.41) is 11.5. The van der Waals surface area contributed by atoms with Crippen molar-refractivity contribution in [2.75, 3.05) is 18.5 Å². The number of anilines is 1. The molecule has 1 unspecified atom stereocenters. The first-order chi connectivity index (χ1) is 18.9. The highest BCUT2D eigenvalue weighted by molar-refractivity contribution is 6.16. The van der Waals surface area contributed by atoms with E-state index in [1.165, 1.54) is 23.4 Å². The van der Waals surface area contributed by atoms with Crippen LogP contribution < -0.4 is 5.32 Å². The Morgan fingerprint density at radius 3 is 2.79 bits per heavy atom. The van der Waals surface area contributed by atoms with Crippen LogP contribution in [0.1, 0.15) is 73.6 Å². The Kier molecular flexibility index (Phi) is 8.03. The number of nitrogens with zero attached hydrogens (tertiary/aromatic N) is 7. The largest absolute Gasteiger partial charge is 0.353 e. The second kappa shape index (κ2) is 11.8. The van der Waals surface area contributed by atoms with E-state index in [0.29, 0.717) is 41.1 Å². The van der Waals surface area contributed by atoms with Crippen molar-refractivity contribution in [1.82, 2.24) is 34.5 Å². The minimum atomic E-state index is -0.303. The third-order valence-electron chi connectivity index (χ3n) is 6.61. The van der Waals surface area contributed by atoms with Crippen molar-refractivity contribution in [3.63, 3.8) is 0 Å². The number of carbonyl (C=O) groups is 2. The highest BCUT2D eigenvalue weighted by Crippen LogP contribution is 2.26. The molecule has 39 heavy (non-hydrogen) atoms. The Morgan fingerprint density at radius 1 is 1.15 bits per heavy atom. The number of amides is 1. The van der Waals surface area contributed by atoms with Crippen molar-refractivity contribution in [3.8, 4) is 0 Å². The fourth-order valence-corrected chi connectivity index (χ4v) is 4.47. The first-order valence-corrected chi connectivity index (χ1v) is 13.1. The molecule has 5 heterocycles. The van der Waals surface area contributed by atoms with Crippen LogP contribution >= 0.6 is 0 Å². The van der Waals surface area contributed by atoms with Gasteiger partial charge in [0.25, 0.3) is 0 Å². The second-order valence-electron chi connectivity index (χ2n) is 10.0. The molecule has 1 fully saturated rings. The van der Waals surface area contributed by atoms with Crippen LogP contribution in [0.5, 0.6) is 0 Å². The molecule has 0 spiro atoms. The predicted molar refractivity (Wildman–Crippen MR) is 142 cm³/mol. The molecule has 5 rings (SSSR count). The Morgan fingerprint density at radius 2 is 2.03 bits per heavy atom. The number of carbonyl (C=O) groups excluding carboxylic acids is 2. The molecule has 1 aliphatic rings. The molecule has 0 aliphatic carbocycles. The van der Waals surface area contributed by atoms with Crippen molar-refractivity contribution < 1.29 is 19.1 Å². The van der Waals surface area contributed by atoms with E-state index in [0.717, 1.165) is 25.0 Å². The lowest BCUT2D eigenvalue weighted by molar-refractivity contribution is -0.166. The van der Waals surface area contributed by atoms with Crippen LogP contribution in [0, 0.1) is 0 Å². The first-order valence-electron chi connectivity index (χ1n) is 13.1. The lowest BCUT2D eigenvalue weighted by atomic mass is 10.1. The maximum atomic E-state index is 13.6. The molecular weight excluding hydrogens is 500 g/mol. The normalized spacial score (nSPS) is 16.5. The van der Waals surface area contributed by atoms with Gasteiger partial charge in [0.2, 0.25) is 5.91 Å². The molecule has 204 valence electrons. The average molecular weight is 533 g/mol. The lowest BCUT2D eigenvalue weighted by Gasteiger charge is -2.24. The van der Waals surface area contributed by atoms with Gasteiger partial charge in [0.15, 0.2) is 12.1 Å². The van der Waals surface area contributed by atoms with Gasteiger partial charge in [-0.3, -0.25) is 14.6 Å². The van der Waals surface area contributed by atoms with Crippen LogP contribution in [0.25, 0.3) is 11.0 Å². The van der Waals surface area contributed by atoms with Crippen LogP contribution in [0.15, 0.2) is 43.4 Å². The highest BCUT2D eigenvalue weighted by atomic mass is 16.7. The zero-order valence-corrected chi connectivity index (χ0v) is 22.3. The van der Waals surface area contributed by atoms with Gasteiger partial charge in [-0.05, 0) is 38.2 Å². The first kappa shape index (κ1) is 26.6. The summed E-state index contributed by atoms with van der Waals surface area (Å²) in [5.41, 5.74) is 2.63. The molecule has 1 N–H and O–H groups in total. The highest BCUT2D eigenvalue weighted by Gasteiger charge is 2.22. The van der Waals surface area contributed by atoms with Gasteiger partial charge in [0, 0.05) is 42.3 Å². The summed E-state index contributed by atoms with van der Waals surface area (Å²) in [6, 6.07) is 1.51. The van der Waals surface area contributed by atoms with Crippen LogP contribution in [0.3, 0.4) is 0 Å². The van der Waals surface area contributed by atoms with Crippen molar-refractivity contribution >= 4 is 28.4 Å². The predicted octanol–water partition coefficient (Wildman–Crippen LogP) is 3.52. The number of rotatable bonds is 10. The number of hydrogen-bond donors (Lipinski definition) is 1. The van der Waals surface area contributed by atoms with Crippen molar-refractivity contribution in [2.24, 2.45) is 0 Å². The molecule has 1 amide bonds. The Hall–Kier alpha value is -4.03. The van der Waals surface area contributed by atoms with E-state index in [9.17, 15) is 9.59 Å². The molecule has 2 atom stereocenters. The molecule has 4 aromatic heterocycles. The third kappa shape index (κ3) is 6.18. The van der Waals surface area contributed by atoms with Gasteiger partial charge in [-0.15, -0.1) is 5.10 Å². The van der Waals surface area contributed by atoms with E-state index in [2.05, 4.69) is 30.6 Å². The third-order valence-corrected chi connectivity index (χ3v) is 6.61. The van der Waals surface area contributed by atoms with Gasteiger partial charge in [-0.1, -0.05) is 19.1 Å². The second-order valence-corrected chi connectivity index (χ2v) is 10.0. The summed E-state index contributed by atoms with van der Waals surface area (Å²) in [4.78, 5) is 38.9. The molecule has 4 aromatic rings. The zero-order valence-electron chi connectivity index (χ0n) is 22.3. The molecule has 12 nitrogen and oxygen atoms in total. The summed E-state index contributed by atoms with van der Waals surface area (Å²) in [5.74, 6) is -0.340. The summed E-state index contributed by atoms with van der Waals surface area (Å²) >= 11 is 0. The van der Waals surface area contributed by atoms with Gasteiger partial charge < -0.3 is 19.4 Å². The monoisotopic (exact) mass is 532 g/mol. The molecule has 1 aliphatic heterocycles. The van der Waals surface area contributed by atoms with Gasteiger partial charge in [0.1, 0.15) is 18.5 Å². The number of aromatic nitrogens is 7. The van der Waals surface area contributed by atoms with E-state index in [4.69, 9.17) is 9.47 Å². The molecule has 1 saturated heterocycles. The number of ketones is 1. The average Bonchev–Trinajstić information content (AvgIpc) is 3.57.